The molecular weight excluding hydrogens is 176 g/mol. The molecule has 0 unspecified atom stereocenters. The van der Waals surface area contributed by atoms with E-state index in [1.165, 1.54) is 7.11 Å². The van der Waals surface area contributed by atoms with Gasteiger partial charge >= 0.3 is 0 Å². The zero-order chi connectivity index (χ0) is 9.14. The van der Waals surface area contributed by atoms with E-state index in [-0.39, 0.29) is 5.84 Å². The average molecular weight is 185 g/mol. The molecule has 0 saturated heterocycles. The van der Waals surface area contributed by atoms with Gasteiger partial charge in [-0.1, -0.05) is 11.6 Å². The highest BCUT2D eigenvalue weighted by molar-refractivity contribution is 6.31. The van der Waals surface area contributed by atoms with Crippen molar-refractivity contribution in [2.24, 2.45) is 5.73 Å². The minimum atomic E-state index is -0.0178. The number of amidine groups is 1. The smallest absolute Gasteiger partial charge is 0.122 e. The summed E-state index contributed by atoms with van der Waals surface area (Å²) in [6, 6.07) is 4.94. The van der Waals surface area contributed by atoms with Crippen molar-refractivity contribution in [3.05, 3.63) is 28.8 Å². The van der Waals surface area contributed by atoms with Gasteiger partial charge in [-0.3, -0.25) is 5.41 Å². The second-order valence-electron chi connectivity index (χ2n) is 2.29. The normalized spacial score (nSPS) is 9.50. The number of nitrogen functional groups attached to an aromatic ring is 1. The van der Waals surface area contributed by atoms with Crippen molar-refractivity contribution < 1.29 is 4.74 Å². The van der Waals surface area contributed by atoms with Crippen LogP contribution in [0.1, 0.15) is 5.56 Å². The molecule has 0 aliphatic rings. The Morgan fingerprint density at radius 3 is 2.67 bits per heavy atom. The molecule has 3 N–H and O–H groups in total. The predicted octanol–water partition coefficient (Wildman–Crippen LogP) is 1.63. The van der Waals surface area contributed by atoms with Gasteiger partial charge in [0.15, 0.2) is 0 Å². The number of nitrogens with two attached hydrogens (primary N) is 1. The third kappa shape index (κ3) is 1.89. The molecule has 0 bridgehead atoms. The number of hydrogen-bond donors (Lipinski definition) is 2. The van der Waals surface area contributed by atoms with Crippen molar-refractivity contribution in [2.45, 2.75) is 0 Å². The maximum atomic E-state index is 7.17. The van der Waals surface area contributed by atoms with Crippen LogP contribution < -0.4 is 10.5 Å². The fourth-order valence-corrected chi connectivity index (χ4v) is 1.06. The quantitative estimate of drug-likeness (QED) is 0.542. The lowest BCUT2D eigenvalue weighted by Gasteiger charge is -2.03. The summed E-state index contributed by atoms with van der Waals surface area (Å²) in [5.41, 5.74) is 5.84. The molecule has 0 spiro atoms. The largest absolute Gasteiger partial charge is 0.497 e. The van der Waals surface area contributed by atoms with Crippen LogP contribution >= 0.6 is 11.6 Å². The van der Waals surface area contributed by atoms with E-state index in [9.17, 15) is 0 Å². The summed E-state index contributed by atoms with van der Waals surface area (Å²) in [5.74, 6) is 0.587. The summed E-state index contributed by atoms with van der Waals surface area (Å²) in [6.45, 7) is 0. The topological polar surface area (TPSA) is 59.1 Å². The van der Waals surface area contributed by atoms with Crippen LogP contribution in [0.2, 0.25) is 5.02 Å². The molecule has 0 aromatic heterocycles. The van der Waals surface area contributed by atoms with Gasteiger partial charge in [0.2, 0.25) is 0 Å². The van der Waals surface area contributed by atoms with Crippen LogP contribution in [0.15, 0.2) is 18.2 Å². The minimum absolute atomic E-state index is 0.0178. The van der Waals surface area contributed by atoms with Crippen LogP contribution in [-0.2, 0) is 0 Å². The number of ether oxygens (including phenoxy) is 1. The van der Waals surface area contributed by atoms with E-state index >= 15 is 0 Å². The zero-order valence-electron chi connectivity index (χ0n) is 6.60. The average Bonchev–Trinajstić information content (AvgIpc) is 2.03. The molecule has 64 valence electrons. The fourth-order valence-electron chi connectivity index (χ4n) is 0.836. The third-order valence-electron chi connectivity index (χ3n) is 1.42. The van der Waals surface area contributed by atoms with E-state index in [2.05, 4.69) is 0 Å². The molecule has 0 heterocycles. The first-order valence-electron chi connectivity index (χ1n) is 3.32. The van der Waals surface area contributed by atoms with Crippen LogP contribution in [-0.4, -0.2) is 12.9 Å². The Kier molecular flexibility index (Phi) is 2.55. The first kappa shape index (κ1) is 8.87. The van der Waals surface area contributed by atoms with Gasteiger partial charge in [0.1, 0.15) is 11.6 Å². The van der Waals surface area contributed by atoms with E-state index < -0.39 is 0 Å². The van der Waals surface area contributed by atoms with Crippen LogP contribution in [0.4, 0.5) is 0 Å². The van der Waals surface area contributed by atoms with Crippen molar-refractivity contribution in [3.63, 3.8) is 0 Å². The fraction of sp³-hybridized carbons (Fsp3) is 0.125. The van der Waals surface area contributed by atoms with E-state index in [1.54, 1.807) is 18.2 Å². The molecule has 0 fully saturated rings. The lowest BCUT2D eigenvalue weighted by Crippen LogP contribution is -2.10. The molecule has 1 aromatic rings. The molecule has 1 aromatic carbocycles. The van der Waals surface area contributed by atoms with Crippen molar-refractivity contribution in [1.82, 2.24) is 0 Å². The van der Waals surface area contributed by atoms with Crippen molar-refractivity contribution in [2.75, 3.05) is 7.11 Å². The number of methoxy groups -OCH3 is 1. The van der Waals surface area contributed by atoms with Crippen molar-refractivity contribution in [1.29, 1.82) is 5.41 Å². The SMILES string of the molecule is COc1cc(Cl)cc(C(=N)N)c1. The van der Waals surface area contributed by atoms with Crippen molar-refractivity contribution >= 4 is 17.4 Å². The summed E-state index contributed by atoms with van der Waals surface area (Å²) in [7, 11) is 1.54. The molecule has 0 aliphatic carbocycles. The Labute approximate surface area is 75.6 Å². The van der Waals surface area contributed by atoms with Crippen LogP contribution in [0.25, 0.3) is 0 Å². The van der Waals surface area contributed by atoms with Gasteiger partial charge in [-0.15, -0.1) is 0 Å². The Morgan fingerprint density at radius 2 is 2.17 bits per heavy atom. The number of benzene rings is 1. The maximum Gasteiger partial charge on any atom is 0.122 e. The molecule has 0 saturated carbocycles. The van der Waals surface area contributed by atoms with E-state index in [0.717, 1.165) is 0 Å². The number of halogens is 1. The second kappa shape index (κ2) is 3.45. The lowest BCUT2D eigenvalue weighted by molar-refractivity contribution is 0.414. The van der Waals surface area contributed by atoms with E-state index in [1.807, 2.05) is 0 Å². The van der Waals surface area contributed by atoms with Gasteiger partial charge < -0.3 is 10.5 Å². The molecule has 12 heavy (non-hydrogen) atoms. The van der Waals surface area contributed by atoms with Crippen LogP contribution in [0, 0.1) is 5.41 Å². The summed E-state index contributed by atoms with van der Waals surface area (Å²) in [6.07, 6.45) is 0. The van der Waals surface area contributed by atoms with Gasteiger partial charge in [0.25, 0.3) is 0 Å². The van der Waals surface area contributed by atoms with E-state index in [4.69, 9.17) is 27.5 Å². The summed E-state index contributed by atoms with van der Waals surface area (Å²) < 4.78 is 4.95. The van der Waals surface area contributed by atoms with Crippen LogP contribution in [0.3, 0.4) is 0 Å². The Morgan fingerprint density at radius 1 is 1.50 bits per heavy atom. The molecule has 0 aliphatic heterocycles. The highest BCUT2D eigenvalue weighted by Gasteiger charge is 2.01. The van der Waals surface area contributed by atoms with Gasteiger partial charge in [-0.2, -0.15) is 0 Å². The van der Waals surface area contributed by atoms with E-state index in [0.29, 0.717) is 16.3 Å². The molecule has 0 atom stereocenters. The first-order valence-corrected chi connectivity index (χ1v) is 3.70. The zero-order valence-corrected chi connectivity index (χ0v) is 7.35. The highest BCUT2D eigenvalue weighted by atomic mass is 35.5. The number of rotatable bonds is 2. The van der Waals surface area contributed by atoms with Gasteiger partial charge in [-0.25, -0.2) is 0 Å². The maximum absolute atomic E-state index is 7.17. The molecule has 4 heteroatoms. The van der Waals surface area contributed by atoms with Gasteiger partial charge in [0, 0.05) is 10.6 Å². The highest BCUT2D eigenvalue weighted by Crippen LogP contribution is 2.20. The van der Waals surface area contributed by atoms with Crippen molar-refractivity contribution in [3.8, 4) is 5.75 Å². The Bertz CT molecular complexity index is 312. The molecule has 0 amide bonds. The van der Waals surface area contributed by atoms with Crippen LogP contribution in [0.5, 0.6) is 5.75 Å². The van der Waals surface area contributed by atoms with Gasteiger partial charge in [0.05, 0.1) is 7.11 Å². The Hall–Kier alpha value is -1.22. The molecular formula is C8H9ClN2O. The lowest BCUT2D eigenvalue weighted by atomic mass is 10.2. The predicted molar refractivity (Wildman–Crippen MR) is 49.0 cm³/mol. The number of nitrogens with one attached hydrogen (secondary N) is 1. The monoisotopic (exact) mass is 184 g/mol. The standard InChI is InChI=1S/C8H9ClN2O/c1-12-7-3-5(8(10)11)2-6(9)4-7/h2-4H,1H3,(H3,10,11). The molecule has 1 rings (SSSR count). The third-order valence-corrected chi connectivity index (χ3v) is 1.64. The minimum Gasteiger partial charge on any atom is -0.497 e. The second-order valence-corrected chi connectivity index (χ2v) is 2.73. The number of hydrogen-bond acceptors (Lipinski definition) is 2. The summed E-state index contributed by atoms with van der Waals surface area (Å²) in [5, 5.41) is 7.68. The molecule has 0 radical (unpaired) electrons. The summed E-state index contributed by atoms with van der Waals surface area (Å²) in [4.78, 5) is 0. The van der Waals surface area contributed by atoms with Gasteiger partial charge in [-0.05, 0) is 18.2 Å². The first-order chi connectivity index (χ1) is 5.63. The summed E-state index contributed by atoms with van der Waals surface area (Å²) >= 11 is 5.74. The molecule has 3 nitrogen and oxygen atoms in total. The Balaban J connectivity index is 3.15.